The standard InChI is InChI=1S/C34H47P/c1-5-9-18-28-20-16-26-33(31(28)24-11-7-3)35(30-22-14-13-15-23-30)34-27-17-21-29(19-10-6-2)32(34)25-12-8-4/h13-17,20-23,26-27H,5-12,18-19,24-25H2,1-4H3. The van der Waals surface area contributed by atoms with E-state index < -0.39 is 7.92 Å². The highest BCUT2D eigenvalue weighted by Crippen LogP contribution is 2.38. The first-order valence-electron chi connectivity index (χ1n) is 14.3. The van der Waals surface area contributed by atoms with Gasteiger partial charge in [-0.15, -0.1) is 0 Å². The van der Waals surface area contributed by atoms with Crippen molar-refractivity contribution in [2.24, 2.45) is 0 Å². The molecule has 188 valence electrons. The second-order valence-electron chi connectivity index (χ2n) is 9.91. The lowest BCUT2D eigenvalue weighted by molar-refractivity contribution is 0.760. The van der Waals surface area contributed by atoms with Gasteiger partial charge in [0.05, 0.1) is 0 Å². The lowest BCUT2D eigenvalue weighted by Gasteiger charge is -2.27. The van der Waals surface area contributed by atoms with Crippen LogP contribution in [0, 0.1) is 0 Å². The predicted octanol–water partition coefficient (Wildman–Crippen LogP) is 8.82. The summed E-state index contributed by atoms with van der Waals surface area (Å²) in [5.41, 5.74) is 6.49. The van der Waals surface area contributed by atoms with Crippen molar-refractivity contribution in [2.75, 3.05) is 0 Å². The molecule has 0 unspecified atom stereocenters. The molecule has 0 heterocycles. The molecule has 0 saturated carbocycles. The van der Waals surface area contributed by atoms with Gasteiger partial charge in [0.25, 0.3) is 0 Å². The van der Waals surface area contributed by atoms with Crippen molar-refractivity contribution in [1.29, 1.82) is 0 Å². The minimum atomic E-state index is -0.583. The smallest absolute Gasteiger partial charge is 0.0116 e. The maximum atomic E-state index is 2.47. The van der Waals surface area contributed by atoms with E-state index in [1.807, 2.05) is 0 Å². The van der Waals surface area contributed by atoms with Crippen LogP contribution >= 0.6 is 7.92 Å². The quantitative estimate of drug-likeness (QED) is 0.188. The molecule has 0 nitrogen and oxygen atoms in total. The summed E-state index contributed by atoms with van der Waals surface area (Å²) in [4.78, 5) is 0. The lowest BCUT2D eigenvalue weighted by atomic mass is 9.97. The minimum Gasteiger partial charge on any atom is -0.0654 e. The highest BCUT2D eigenvalue weighted by molar-refractivity contribution is 7.80. The maximum Gasteiger partial charge on any atom is -0.0116 e. The number of benzene rings is 3. The lowest BCUT2D eigenvalue weighted by Crippen LogP contribution is -2.27. The largest absolute Gasteiger partial charge is 0.0654 e. The van der Waals surface area contributed by atoms with E-state index in [1.54, 1.807) is 32.9 Å². The Labute approximate surface area is 217 Å². The average molecular weight is 487 g/mol. The molecule has 0 spiro atoms. The second kappa shape index (κ2) is 15.3. The highest BCUT2D eigenvalue weighted by Gasteiger charge is 2.24. The van der Waals surface area contributed by atoms with Gasteiger partial charge in [0.15, 0.2) is 0 Å². The molecule has 0 fully saturated rings. The molecule has 0 amide bonds. The van der Waals surface area contributed by atoms with Crippen molar-refractivity contribution in [3.8, 4) is 0 Å². The SMILES string of the molecule is CCCCc1cccc(P(c2ccccc2)c2cccc(CCCC)c2CCCC)c1CCCC. The summed E-state index contributed by atoms with van der Waals surface area (Å²) in [7, 11) is -0.583. The summed E-state index contributed by atoms with van der Waals surface area (Å²) in [6.07, 6.45) is 14.9. The van der Waals surface area contributed by atoms with Gasteiger partial charge in [-0.25, -0.2) is 0 Å². The summed E-state index contributed by atoms with van der Waals surface area (Å²) in [5, 5.41) is 4.72. The Kier molecular flexibility index (Phi) is 12.1. The molecule has 35 heavy (non-hydrogen) atoms. The number of hydrogen-bond donors (Lipinski definition) is 0. The molecule has 3 aromatic carbocycles. The fourth-order valence-electron chi connectivity index (χ4n) is 5.13. The molecule has 3 rings (SSSR count). The molecular formula is C34H47P. The molecule has 0 N–H and O–H groups in total. The van der Waals surface area contributed by atoms with Crippen LogP contribution in [-0.4, -0.2) is 0 Å². The molecular weight excluding hydrogens is 439 g/mol. The third-order valence-corrected chi connectivity index (χ3v) is 9.77. The summed E-state index contributed by atoms with van der Waals surface area (Å²) in [5.74, 6) is 0. The summed E-state index contributed by atoms with van der Waals surface area (Å²) in [6.45, 7) is 9.28. The fraction of sp³-hybridized carbons (Fsp3) is 0.471. The Morgan fingerprint density at radius 2 is 0.886 bits per heavy atom. The maximum absolute atomic E-state index is 2.47. The van der Waals surface area contributed by atoms with Crippen LogP contribution in [0.2, 0.25) is 0 Å². The van der Waals surface area contributed by atoms with E-state index in [0.717, 1.165) is 0 Å². The Morgan fingerprint density at radius 3 is 1.31 bits per heavy atom. The summed E-state index contributed by atoms with van der Waals surface area (Å²) < 4.78 is 0. The zero-order valence-corrected chi connectivity index (χ0v) is 23.7. The summed E-state index contributed by atoms with van der Waals surface area (Å²) >= 11 is 0. The molecule has 0 aromatic heterocycles. The Morgan fingerprint density at radius 1 is 0.457 bits per heavy atom. The predicted molar refractivity (Wildman–Crippen MR) is 160 cm³/mol. The first kappa shape index (κ1) is 27.7. The Hall–Kier alpha value is -1.91. The zero-order chi connectivity index (χ0) is 24.9. The highest BCUT2D eigenvalue weighted by atomic mass is 31.1. The van der Waals surface area contributed by atoms with Crippen molar-refractivity contribution in [1.82, 2.24) is 0 Å². The van der Waals surface area contributed by atoms with Crippen LogP contribution in [0.5, 0.6) is 0 Å². The molecule has 0 bridgehead atoms. The van der Waals surface area contributed by atoms with Crippen LogP contribution in [0.3, 0.4) is 0 Å². The normalized spacial score (nSPS) is 11.3. The van der Waals surface area contributed by atoms with Crippen molar-refractivity contribution >= 4 is 23.8 Å². The van der Waals surface area contributed by atoms with E-state index in [0.29, 0.717) is 0 Å². The number of aryl methyl sites for hydroxylation is 2. The monoisotopic (exact) mass is 486 g/mol. The van der Waals surface area contributed by atoms with Crippen molar-refractivity contribution in [3.05, 3.63) is 89.0 Å². The first-order valence-corrected chi connectivity index (χ1v) is 15.7. The average Bonchev–Trinajstić information content (AvgIpc) is 2.90. The van der Waals surface area contributed by atoms with Crippen LogP contribution in [-0.2, 0) is 25.7 Å². The zero-order valence-electron chi connectivity index (χ0n) is 22.8. The van der Waals surface area contributed by atoms with Gasteiger partial charge in [0.1, 0.15) is 0 Å². The summed E-state index contributed by atoms with van der Waals surface area (Å²) in [6, 6.07) is 25.9. The molecule has 3 aromatic rings. The van der Waals surface area contributed by atoms with Crippen molar-refractivity contribution in [3.63, 3.8) is 0 Å². The van der Waals surface area contributed by atoms with Gasteiger partial charge in [-0.3, -0.25) is 0 Å². The molecule has 0 radical (unpaired) electrons. The van der Waals surface area contributed by atoms with Crippen LogP contribution in [0.4, 0.5) is 0 Å². The fourth-order valence-corrected chi connectivity index (χ4v) is 7.94. The van der Waals surface area contributed by atoms with E-state index in [1.165, 1.54) is 82.4 Å². The second-order valence-corrected chi connectivity index (χ2v) is 12.1. The number of rotatable bonds is 15. The molecule has 0 aliphatic heterocycles. The van der Waals surface area contributed by atoms with Gasteiger partial charge in [-0.05, 0) is 97.5 Å². The van der Waals surface area contributed by atoms with Crippen LogP contribution < -0.4 is 15.9 Å². The van der Waals surface area contributed by atoms with Gasteiger partial charge in [0, 0.05) is 0 Å². The van der Waals surface area contributed by atoms with Gasteiger partial charge >= 0.3 is 0 Å². The molecule has 0 atom stereocenters. The first-order chi connectivity index (χ1) is 17.2. The van der Waals surface area contributed by atoms with E-state index in [-0.39, 0.29) is 0 Å². The number of hydrogen-bond acceptors (Lipinski definition) is 0. The van der Waals surface area contributed by atoms with Crippen molar-refractivity contribution < 1.29 is 0 Å². The van der Waals surface area contributed by atoms with Gasteiger partial charge < -0.3 is 0 Å². The molecule has 0 aliphatic carbocycles. The van der Waals surface area contributed by atoms with Gasteiger partial charge in [-0.1, -0.05) is 120 Å². The van der Waals surface area contributed by atoms with E-state index in [9.17, 15) is 0 Å². The van der Waals surface area contributed by atoms with E-state index in [2.05, 4.69) is 94.4 Å². The van der Waals surface area contributed by atoms with E-state index in [4.69, 9.17) is 0 Å². The molecule has 0 saturated heterocycles. The third kappa shape index (κ3) is 7.54. The molecule has 0 aliphatic rings. The Balaban J connectivity index is 2.24. The van der Waals surface area contributed by atoms with Gasteiger partial charge in [-0.2, -0.15) is 0 Å². The van der Waals surface area contributed by atoms with Crippen LogP contribution in [0.15, 0.2) is 66.7 Å². The van der Waals surface area contributed by atoms with Gasteiger partial charge in [0.2, 0.25) is 0 Å². The van der Waals surface area contributed by atoms with Crippen LogP contribution in [0.25, 0.3) is 0 Å². The minimum absolute atomic E-state index is 0.583. The third-order valence-electron chi connectivity index (χ3n) is 7.15. The Bertz CT molecular complexity index is 941. The van der Waals surface area contributed by atoms with Crippen LogP contribution in [0.1, 0.15) is 101 Å². The number of unbranched alkanes of at least 4 members (excludes halogenated alkanes) is 4. The molecule has 1 heteroatoms. The van der Waals surface area contributed by atoms with E-state index >= 15 is 0 Å². The van der Waals surface area contributed by atoms with Crippen molar-refractivity contribution in [2.45, 2.75) is 105 Å². The topological polar surface area (TPSA) is 0 Å².